The van der Waals surface area contributed by atoms with Gasteiger partial charge in [0.2, 0.25) is 0 Å². The maximum absolute atomic E-state index is 9.76. The van der Waals surface area contributed by atoms with Crippen molar-refractivity contribution in [2.24, 2.45) is 0 Å². The molecule has 0 aliphatic carbocycles. The molecule has 1 N–H and O–H groups in total. The fraction of sp³-hybridized carbons (Fsp3) is 0.438. The Morgan fingerprint density at radius 3 is 3.10 bits per heavy atom. The Morgan fingerprint density at radius 1 is 1.43 bits per heavy atom. The average Bonchev–Trinajstić information content (AvgIpc) is 2.96. The molecule has 112 valence electrons. The minimum Gasteiger partial charge on any atom is -0.392 e. The van der Waals surface area contributed by atoms with Gasteiger partial charge in [-0.15, -0.1) is 22.9 Å². The lowest BCUT2D eigenvalue weighted by Crippen LogP contribution is -2.37. The number of piperidine rings is 1. The number of hydrogen-bond donors (Lipinski definition) is 1. The summed E-state index contributed by atoms with van der Waals surface area (Å²) in [6, 6.07) is 8.50. The van der Waals surface area contributed by atoms with E-state index in [0.29, 0.717) is 5.88 Å². The van der Waals surface area contributed by atoms with Crippen LogP contribution >= 0.6 is 22.9 Å². The van der Waals surface area contributed by atoms with Crippen LogP contribution in [-0.2, 0) is 12.4 Å². The Kier molecular flexibility index (Phi) is 4.91. The molecule has 0 bridgehead atoms. The highest BCUT2D eigenvalue weighted by atomic mass is 35.5. The van der Waals surface area contributed by atoms with Crippen LogP contribution in [0.2, 0.25) is 0 Å². The zero-order valence-corrected chi connectivity index (χ0v) is 13.4. The molecular weight excluding hydrogens is 304 g/mol. The monoisotopic (exact) mass is 322 g/mol. The molecule has 1 aliphatic rings. The van der Waals surface area contributed by atoms with Gasteiger partial charge in [0.05, 0.1) is 17.7 Å². The van der Waals surface area contributed by atoms with Gasteiger partial charge in [-0.05, 0) is 31.0 Å². The van der Waals surface area contributed by atoms with Gasteiger partial charge in [0.1, 0.15) is 5.01 Å². The minimum absolute atomic E-state index is 0.174. The van der Waals surface area contributed by atoms with Crippen LogP contribution < -0.4 is 0 Å². The molecule has 1 atom stereocenters. The summed E-state index contributed by atoms with van der Waals surface area (Å²) in [5, 5.41) is 12.8. The molecule has 1 fully saturated rings. The number of aromatic nitrogens is 1. The quantitative estimate of drug-likeness (QED) is 0.875. The zero-order valence-electron chi connectivity index (χ0n) is 11.8. The smallest absolute Gasteiger partial charge is 0.123 e. The third-order valence-corrected chi connectivity index (χ3v) is 4.96. The van der Waals surface area contributed by atoms with E-state index in [4.69, 9.17) is 11.6 Å². The summed E-state index contributed by atoms with van der Waals surface area (Å²) < 4.78 is 0. The lowest BCUT2D eigenvalue weighted by Gasteiger charge is -2.30. The number of likely N-dealkylation sites (tertiary alicyclic amines) is 1. The second kappa shape index (κ2) is 6.88. The molecule has 0 radical (unpaired) electrons. The maximum Gasteiger partial charge on any atom is 0.123 e. The largest absolute Gasteiger partial charge is 0.392 e. The first-order chi connectivity index (χ1) is 10.2. The fourth-order valence-electron chi connectivity index (χ4n) is 2.74. The van der Waals surface area contributed by atoms with E-state index in [0.717, 1.165) is 48.7 Å². The topological polar surface area (TPSA) is 36.4 Å². The second-order valence-corrected chi connectivity index (χ2v) is 6.63. The molecule has 1 aromatic heterocycles. The zero-order chi connectivity index (χ0) is 14.7. The standard InChI is InChI=1S/C16H19ClN2OS/c17-8-14-11-21-16(18-14)13-4-1-3-12(7-13)9-19-6-2-5-15(20)10-19/h1,3-4,7,11,15,20H,2,5-6,8-10H2. The fourth-order valence-corrected chi connectivity index (χ4v) is 3.78. The number of aliphatic hydroxyl groups excluding tert-OH is 1. The van der Waals surface area contributed by atoms with Crippen LogP contribution in [0.15, 0.2) is 29.6 Å². The molecule has 3 nitrogen and oxygen atoms in total. The van der Waals surface area contributed by atoms with E-state index in [2.05, 4.69) is 34.1 Å². The molecular formula is C16H19ClN2OS. The first-order valence-corrected chi connectivity index (χ1v) is 8.66. The molecule has 0 saturated carbocycles. The molecule has 0 amide bonds. The van der Waals surface area contributed by atoms with Gasteiger partial charge in [-0.2, -0.15) is 0 Å². The lowest BCUT2D eigenvalue weighted by molar-refractivity contribution is 0.0668. The molecule has 2 aromatic rings. The third kappa shape index (κ3) is 3.83. The highest BCUT2D eigenvalue weighted by Gasteiger charge is 2.17. The highest BCUT2D eigenvalue weighted by molar-refractivity contribution is 7.13. The molecule has 3 rings (SSSR count). The Labute approximate surface area is 134 Å². The summed E-state index contributed by atoms with van der Waals surface area (Å²) in [5.74, 6) is 0.460. The van der Waals surface area contributed by atoms with Gasteiger partial charge >= 0.3 is 0 Å². The van der Waals surface area contributed by atoms with Crippen molar-refractivity contribution in [2.45, 2.75) is 31.4 Å². The number of halogens is 1. The van der Waals surface area contributed by atoms with Crippen molar-refractivity contribution in [2.75, 3.05) is 13.1 Å². The van der Waals surface area contributed by atoms with E-state index in [1.54, 1.807) is 11.3 Å². The normalized spacial score (nSPS) is 19.8. The van der Waals surface area contributed by atoms with Crippen LogP contribution in [-0.4, -0.2) is 34.2 Å². The van der Waals surface area contributed by atoms with Gasteiger partial charge in [0, 0.05) is 24.0 Å². The molecule has 21 heavy (non-hydrogen) atoms. The van der Waals surface area contributed by atoms with Gasteiger partial charge in [0.25, 0.3) is 0 Å². The first kappa shape index (κ1) is 15.0. The van der Waals surface area contributed by atoms with Crippen LogP contribution in [0.4, 0.5) is 0 Å². The van der Waals surface area contributed by atoms with Crippen molar-refractivity contribution in [3.8, 4) is 10.6 Å². The summed E-state index contributed by atoms with van der Waals surface area (Å²) in [4.78, 5) is 6.85. The summed E-state index contributed by atoms with van der Waals surface area (Å²) in [6.07, 6.45) is 1.83. The number of hydrogen-bond acceptors (Lipinski definition) is 4. The van der Waals surface area contributed by atoms with Gasteiger partial charge in [0.15, 0.2) is 0 Å². The van der Waals surface area contributed by atoms with Crippen molar-refractivity contribution in [3.63, 3.8) is 0 Å². The van der Waals surface area contributed by atoms with Crippen molar-refractivity contribution in [1.29, 1.82) is 0 Å². The molecule has 1 unspecified atom stereocenters. The molecule has 1 aliphatic heterocycles. The number of β-amino-alcohol motifs (C(OH)–C–C–N with tert-alkyl or cyclic N) is 1. The van der Waals surface area contributed by atoms with Crippen LogP contribution in [0.25, 0.3) is 10.6 Å². The van der Waals surface area contributed by atoms with Crippen molar-refractivity contribution in [1.82, 2.24) is 9.88 Å². The van der Waals surface area contributed by atoms with E-state index in [1.807, 2.05) is 5.38 Å². The van der Waals surface area contributed by atoms with Crippen molar-refractivity contribution in [3.05, 3.63) is 40.9 Å². The number of rotatable bonds is 4. The second-order valence-electron chi connectivity index (χ2n) is 5.51. The van der Waals surface area contributed by atoms with E-state index < -0.39 is 0 Å². The summed E-state index contributed by atoms with van der Waals surface area (Å²) in [7, 11) is 0. The highest BCUT2D eigenvalue weighted by Crippen LogP contribution is 2.26. The van der Waals surface area contributed by atoms with Crippen LogP contribution in [0.1, 0.15) is 24.1 Å². The average molecular weight is 323 g/mol. The summed E-state index contributed by atoms with van der Waals surface area (Å²) in [6.45, 7) is 2.73. The number of thiazole rings is 1. The Balaban J connectivity index is 1.73. The van der Waals surface area contributed by atoms with Crippen molar-refractivity contribution >= 4 is 22.9 Å². The van der Waals surface area contributed by atoms with E-state index in [-0.39, 0.29) is 6.10 Å². The Morgan fingerprint density at radius 2 is 2.33 bits per heavy atom. The Bertz CT molecular complexity index is 601. The van der Waals surface area contributed by atoms with Crippen LogP contribution in [0.5, 0.6) is 0 Å². The lowest BCUT2D eigenvalue weighted by atomic mass is 10.1. The molecule has 5 heteroatoms. The van der Waals surface area contributed by atoms with E-state index in [1.165, 1.54) is 5.56 Å². The van der Waals surface area contributed by atoms with E-state index in [9.17, 15) is 5.11 Å². The predicted molar refractivity (Wildman–Crippen MR) is 87.6 cm³/mol. The SMILES string of the molecule is OC1CCCN(Cc2cccc(-c3nc(CCl)cs3)c2)C1. The number of nitrogens with zero attached hydrogens (tertiary/aromatic N) is 2. The van der Waals surface area contributed by atoms with Gasteiger partial charge in [-0.1, -0.05) is 18.2 Å². The molecule has 0 spiro atoms. The summed E-state index contributed by atoms with van der Waals surface area (Å²) >= 11 is 7.45. The molecule has 1 saturated heterocycles. The van der Waals surface area contributed by atoms with Crippen LogP contribution in [0.3, 0.4) is 0 Å². The van der Waals surface area contributed by atoms with Gasteiger partial charge in [-0.25, -0.2) is 4.98 Å². The maximum atomic E-state index is 9.76. The third-order valence-electron chi connectivity index (χ3n) is 3.75. The minimum atomic E-state index is -0.174. The molecule has 2 heterocycles. The summed E-state index contributed by atoms with van der Waals surface area (Å²) in [5.41, 5.74) is 3.34. The van der Waals surface area contributed by atoms with Crippen LogP contribution in [0, 0.1) is 0 Å². The predicted octanol–water partition coefficient (Wildman–Crippen LogP) is 3.51. The van der Waals surface area contributed by atoms with Gasteiger partial charge < -0.3 is 5.11 Å². The first-order valence-electron chi connectivity index (χ1n) is 7.24. The number of alkyl halides is 1. The number of benzene rings is 1. The number of aliphatic hydroxyl groups is 1. The van der Waals surface area contributed by atoms with Gasteiger partial charge in [-0.3, -0.25) is 4.90 Å². The van der Waals surface area contributed by atoms with Crippen molar-refractivity contribution < 1.29 is 5.11 Å². The van der Waals surface area contributed by atoms with E-state index >= 15 is 0 Å². The molecule has 1 aromatic carbocycles. The Hall–Kier alpha value is -0.940.